The molecule has 1 aliphatic rings. The van der Waals surface area contributed by atoms with Crippen LogP contribution in [-0.4, -0.2) is 23.4 Å². The van der Waals surface area contributed by atoms with Crippen molar-refractivity contribution in [2.75, 3.05) is 13.6 Å². The fourth-order valence-electron chi connectivity index (χ4n) is 3.53. The van der Waals surface area contributed by atoms with Gasteiger partial charge in [-0.15, -0.1) is 0 Å². The molecule has 2 rings (SSSR count). The highest BCUT2D eigenvalue weighted by molar-refractivity contribution is 5.02. The first-order chi connectivity index (χ1) is 9.28. The topological polar surface area (TPSA) is 29.9 Å². The summed E-state index contributed by atoms with van der Waals surface area (Å²) in [6.07, 6.45) is 9.84. The normalized spacial score (nSPS) is 23.4. The summed E-state index contributed by atoms with van der Waals surface area (Å²) in [4.78, 5) is 0. The Morgan fingerprint density at radius 2 is 2.05 bits per heavy atom. The molecule has 1 saturated carbocycles. The molecule has 0 spiro atoms. The van der Waals surface area contributed by atoms with E-state index in [4.69, 9.17) is 5.10 Å². The summed E-state index contributed by atoms with van der Waals surface area (Å²) in [6.45, 7) is 5.66. The lowest BCUT2D eigenvalue weighted by Gasteiger charge is -2.18. The van der Waals surface area contributed by atoms with Crippen molar-refractivity contribution in [3.8, 4) is 0 Å². The zero-order chi connectivity index (χ0) is 13.7. The van der Waals surface area contributed by atoms with Crippen LogP contribution in [0.1, 0.15) is 57.7 Å². The maximum Gasteiger partial charge on any atom is 0.0627 e. The zero-order valence-electron chi connectivity index (χ0n) is 12.7. The molecule has 2 unspecified atom stereocenters. The Morgan fingerprint density at radius 3 is 2.74 bits per heavy atom. The molecule has 1 aliphatic carbocycles. The van der Waals surface area contributed by atoms with Crippen molar-refractivity contribution in [3.05, 3.63) is 18.0 Å². The average Bonchev–Trinajstić information content (AvgIpc) is 3.03. The van der Waals surface area contributed by atoms with Crippen LogP contribution in [0.15, 0.2) is 12.3 Å². The van der Waals surface area contributed by atoms with Gasteiger partial charge in [0.25, 0.3) is 0 Å². The quantitative estimate of drug-likeness (QED) is 0.817. The molecule has 108 valence electrons. The Morgan fingerprint density at radius 1 is 1.32 bits per heavy atom. The molecule has 0 amide bonds. The van der Waals surface area contributed by atoms with Crippen molar-refractivity contribution in [3.63, 3.8) is 0 Å². The van der Waals surface area contributed by atoms with Crippen LogP contribution in [0.3, 0.4) is 0 Å². The molecule has 1 fully saturated rings. The number of nitrogens with one attached hydrogen (secondary N) is 1. The summed E-state index contributed by atoms with van der Waals surface area (Å²) < 4.78 is 2.18. The van der Waals surface area contributed by atoms with Crippen LogP contribution in [-0.2, 0) is 6.42 Å². The molecular weight excluding hydrogens is 234 g/mol. The van der Waals surface area contributed by atoms with E-state index < -0.39 is 0 Å². The van der Waals surface area contributed by atoms with E-state index in [-0.39, 0.29) is 0 Å². The maximum absolute atomic E-state index is 4.81. The number of hydrogen-bond donors (Lipinski definition) is 1. The van der Waals surface area contributed by atoms with Crippen LogP contribution in [0.2, 0.25) is 0 Å². The number of nitrogens with zero attached hydrogens (tertiary/aromatic N) is 2. The smallest absolute Gasteiger partial charge is 0.0627 e. The minimum Gasteiger partial charge on any atom is -0.319 e. The molecule has 3 nitrogen and oxygen atoms in total. The predicted octanol–water partition coefficient (Wildman–Crippen LogP) is 3.42. The van der Waals surface area contributed by atoms with Gasteiger partial charge in [-0.3, -0.25) is 4.68 Å². The average molecular weight is 263 g/mol. The lowest BCUT2D eigenvalue weighted by atomic mass is 9.91. The summed E-state index contributed by atoms with van der Waals surface area (Å²) >= 11 is 0. The first-order valence-corrected chi connectivity index (χ1v) is 7.97. The van der Waals surface area contributed by atoms with Crippen molar-refractivity contribution in [1.29, 1.82) is 0 Å². The van der Waals surface area contributed by atoms with Gasteiger partial charge < -0.3 is 5.32 Å². The van der Waals surface area contributed by atoms with E-state index in [2.05, 4.69) is 43.2 Å². The number of aromatic nitrogens is 2. The zero-order valence-corrected chi connectivity index (χ0v) is 12.7. The molecule has 0 radical (unpaired) electrons. The monoisotopic (exact) mass is 263 g/mol. The molecule has 0 saturated heterocycles. The van der Waals surface area contributed by atoms with Gasteiger partial charge in [-0.25, -0.2) is 0 Å². The fraction of sp³-hybridized carbons (Fsp3) is 0.812. The molecule has 1 heterocycles. The molecule has 0 aliphatic heterocycles. The lowest BCUT2D eigenvalue weighted by molar-refractivity contribution is 0.366. The van der Waals surface area contributed by atoms with E-state index in [1.807, 2.05) is 0 Å². The first kappa shape index (κ1) is 14.6. The van der Waals surface area contributed by atoms with E-state index in [9.17, 15) is 0 Å². The molecule has 1 N–H and O–H groups in total. The lowest BCUT2D eigenvalue weighted by Crippen LogP contribution is -2.23. The van der Waals surface area contributed by atoms with Crippen molar-refractivity contribution < 1.29 is 0 Å². The highest BCUT2D eigenvalue weighted by Crippen LogP contribution is 2.33. The number of rotatable bonds is 7. The Balaban J connectivity index is 1.95. The summed E-state index contributed by atoms with van der Waals surface area (Å²) in [5.74, 6) is 1.68. The molecule has 2 atom stereocenters. The molecule has 0 bridgehead atoms. The Bertz CT molecular complexity index is 368. The van der Waals surface area contributed by atoms with E-state index in [1.54, 1.807) is 0 Å². The first-order valence-electron chi connectivity index (χ1n) is 7.97. The van der Waals surface area contributed by atoms with Crippen LogP contribution in [0.4, 0.5) is 0 Å². The Labute approximate surface area is 117 Å². The second-order valence-corrected chi connectivity index (χ2v) is 5.97. The van der Waals surface area contributed by atoms with E-state index in [0.29, 0.717) is 6.04 Å². The van der Waals surface area contributed by atoms with E-state index in [1.165, 1.54) is 44.2 Å². The van der Waals surface area contributed by atoms with Gasteiger partial charge >= 0.3 is 0 Å². The number of hydrogen-bond acceptors (Lipinski definition) is 2. The highest BCUT2D eigenvalue weighted by Gasteiger charge is 2.27. The molecule has 3 heteroatoms. The summed E-state index contributed by atoms with van der Waals surface area (Å²) in [5.41, 5.74) is 1.29. The van der Waals surface area contributed by atoms with Gasteiger partial charge in [0.05, 0.1) is 11.7 Å². The minimum absolute atomic E-state index is 0.574. The third kappa shape index (κ3) is 3.59. The van der Waals surface area contributed by atoms with Crippen LogP contribution in [0, 0.1) is 11.8 Å². The van der Waals surface area contributed by atoms with Gasteiger partial charge in [0.1, 0.15) is 0 Å². The fourth-order valence-corrected chi connectivity index (χ4v) is 3.53. The minimum atomic E-state index is 0.574. The van der Waals surface area contributed by atoms with Crippen molar-refractivity contribution >= 4 is 0 Å². The van der Waals surface area contributed by atoms with Crippen molar-refractivity contribution in [1.82, 2.24) is 15.1 Å². The second-order valence-electron chi connectivity index (χ2n) is 5.97. The summed E-state index contributed by atoms with van der Waals surface area (Å²) in [7, 11) is 2.07. The molecule has 19 heavy (non-hydrogen) atoms. The largest absolute Gasteiger partial charge is 0.319 e. The molecular formula is C16H29N3. The van der Waals surface area contributed by atoms with Gasteiger partial charge in [0, 0.05) is 6.20 Å². The summed E-state index contributed by atoms with van der Waals surface area (Å²) in [6, 6.07) is 2.80. The molecule has 1 aromatic heterocycles. The van der Waals surface area contributed by atoms with Crippen LogP contribution in [0.5, 0.6) is 0 Å². The molecule has 0 aromatic carbocycles. The highest BCUT2D eigenvalue weighted by atomic mass is 15.3. The molecule has 1 aromatic rings. The van der Waals surface area contributed by atoms with Crippen LogP contribution >= 0.6 is 0 Å². The predicted molar refractivity (Wildman–Crippen MR) is 80.3 cm³/mol. The van der Waals surface area contributed by atoms with Gasteiger partial charge in [-0.05, 0) is 63.6 Å². The third-order valence-corrected chi connectivity index (χ3v) is 4.73. The van der Waals surface area contributed by atoms with Gasteiger partial charge in [0.15, 0.2) is 0 Å². The third-order valence-electron chi connectivity index (χ3n) is 4.73. The van der Waals surface area contributed by atoms with E-state index >= 15 is 0 Å². The van der Waals surface area contributed by atoms with E-state index in [0.717, 1.165) is 18.4 Å². The van der Waals surface area contributed by atoms with Gasteiger partial charge in [0.2, 0.25) is 0 Å². The summed E-state index contributed by atoms with van der Waals surface area (Å²) in [5, 5.41) is 8.15. The van der Waals surface area contributed by atoms with Gasteiger partial charge in [-0.2, -0.15) is 5.10 Å². The van der Waals surface area contributed by atoms with Crippen molar-refractivity contribution in [2.45, 2.75) is 58.4 Å². The van der Waals surface area contributed by atoms with Crippen LogP contribution < -0.4 is 5.32 Å². The van der Waals surface area contributed by atoms with Crippen molar-refractivity contribution in [2.24, 2.45) is 11.8 Å². The SMILES string of the molecule is CCC(CC)n1ccc(CC2CCCC2CNC)n1. The standard InChI is InChI=1S/C16H29N3/c1-4-16(5-2)19-10-9-15(18-19)11-13-7-6-8-14(13)12-17-3/h9-10,13-14,16-17H,4-8,11-12H2,1-3H3. The van der Waals surface area contributed by atoms with Gasteiger partial charge in [-0.1, -0.05) is 20.3 Å². The van der Waals surface area contributed by atoms with Crippen LogP contribution in [0.25, 0.3) is 0 Å². The maximum atomic E-state index is 4.81. The Hall–Kier alpha value is -0.830. The second kappa shape index (κ2) is 7.09. The Kier molecular flexibility index (Phi) is 5.44.